The number of nitro groups is 1. The van der Waals surface area contributed by atoms with Crippen LogP contribution in [0.4, 0.5) is 5.69 Å². The zero-order valence-corrected chi connectivity index (χ0v) is 13.6. The first-order chi connectivity index (χ1) is 11.5. The largest absolute Gasteiger partial charge is 0.477 e. The van der Waals surface area contributed by atoms with Crippen LogP contribution in [0.2, 0.25) is 0 Å². The Bertz CT molecular complexity index is 701. The predicted molar refractivity (Wildman–Crippen MR) is 90.8 cm³/mol. The molecule has 0 aromatic heterocycles. The Morgan fingerprint density at radius 2 is 1.75 bits per heavy atom. The summed E-state index contributed by atoms with van der Waals surface area (Å²) in [5.74, 6) is -0.0448. The van der Waals surface area contributed by atoms with Crippen LogP contribution in [0.25, 0.3) is 0 Å². The van der Waals surface area contributed by atoms with Crippen molar-refractivity contribution in [3.8, 4) is 5.75 Å². The predicted octanol–water partition coefficient (Wildman–Crippen LogP) is 3.49. The molecular formula is C18H20N2O4. The van der Waals surface area contributed by atoms with Crippen molar-refractivity contribution >= 4 is 11.6 Å². The third kappa shape index (κ3) is 4.55. The van der Waals surface area contributed by atoms with E-state index in [0.29, 0.717) is 0 Å². The molecular weight excluding hydrogens is 308 g/mol. The fourth-order valence-corrected chi connectivity index (χ4v) is 2.38. The van der Waals surface area contributed by atoms with Crippen molar-refractivity contribution in [3.63, 3.8) is 0 Å². The standard InChI is InChI=1S/C18H20N2O4/c1-13(2)18(14-8-4-3-5-9-14)19-17(21)12-24-16-11-7-6-10-15(16)20(22)23/h3-11,13,18H,12H2,1-2H3,(H,19,21). The Kier molecular flexibility index (Phi) is 5.89. The minimum atomic E-state index is -0.534. The van der Waals surface area contributed by atoms with Crippen LogP contribution in [0.3, 0.4) is 0 Å². The SMILES string of the molecule is CC(C)C(NC(=O)COc1ccccc1[N+](=O)[O-])c1ccccc1. The van der Waals surface area contributed by atoms with Crippen molar-refractivity contribution in [2.45, 2.75) is 19.9 Å². The fourth-order valence-electron chi connectivity index (χ4n) is 2.38. The molecule has 126 valence electrons. The molecule has 0 fully saturated rings. The monoisotopic (exact) mass is 328 g/mol. The van der Waals surface area contributed by atoms with Gasteiger partial charge in [0, 0.05) is 6.07 Å². The minimum absolute atomic E-state index is 0.0819. The van der Waals surface area contributed by atoms with Gasteiger partial charge in [0.2, 0.25) is 0 Å². The van der Waals surface area contributed by atoms with Gasteiger partial charge in [0.15, 0.2) is 12.4 Å². The van der Waals surface area contributed by atoms with Gasteiger partial charge >= 0.3 is 5.69 Å². The summed E-state index contributed by atoms with van der Waals surface area (Å²) in [6.07, 6.45) is 0. The molecule has 6 heteroatoms. The van der Waals surface area contributed by atoms with Gasteiger partial charge in [-0.2, -0.15) is 0 Å². The van der Waals surface area contributed by atoms with E-state index in [1.54, 1.807) is 12.1 Å². The first-order valence-electron chi connectivity index (χ1n) is 7.69. The van der Waals surface area contributed by atoms with Gasteiger partial charge in [0.1, 0.15) is 0 Å². The molecule has 0 radical (unpaired) electrons. The Labute approximate surface area is 140 Å². The van der Waals surface area contributed by atoms with Crippen LogP contribution in [0.5, 0.6) is 5.75 Å². The first kappa shape index (κ1) is 17.5. The Balaban J connectivity index is 2.01. The van der Waals surface area contributed by atoms with E-state index in [9.17, 15) is 14.9 Å². The summed E-state index contributed by atoms with van der Waals surface area (Å²) in [7, 11) is 0. The van der Waals surface area contributed by atoms with Crippen molar-refractivity contribution in [3.05, 3.63) is 70.3 Å². The van der Waals surface area contributed by atoms with Crippen LogP contribution in [0.1, 0.15) is 25.5 Å². The number of rotatable bonds is 7. The number of nitrogens with zero attached hydrogens (tertiary/aromatic N) is 1. The lowest BCUT2D eigenvalue weighted by Crippen LogP contribution is -2.35. The Morgan fingerprint density at radius 3 is 2.38 bits per heavy atom. The molecule has 6 nitrogen and oxygen atoms in total. The average molecular weight is 328 g/mol. The topological polar surface area (TPSA) is 81.5 Å². The molecule has 0 bridgehead atoms. The molecule has 2 rings (SSSR count). The van der Waals surface area contributed by atoms with Crippen molar-refractivity contribution in [1.82, 2.24) is 5.32 Å². The highest BCUT2D eigenvalue weighted by Gasteiger charge is 2.19. The summed E-state index contributed by atoms with van der Waals surface area (Å²) in [5.41, 5.74) is 0.848. The fraction of sp³-hybridized carbons (Fsp3) is 0.278. The molecule has 0 saturated carbocycles. The lowest BCUT2D eigenvalue weighted by molar-refractivity contribution is -0.385. The maximum absolute atomic E-state index is 12.2. The summed E-state index contributed by atoms with van der Waals surface area (Å²) < 4.78 is 5.32. The van der Waals surface area contributed by atoms with E-state index in [1.807, 2.05) is 44.2 Å². The molecule has 0 saturated heterocycles. The number of carbonyl (C=O) groups excluding carboxylic acids is 1. The molecule has 2 aromatic rings. The summed E-state index contributed by atoms with van der Waals surface area (Å²) in [6, 6.07) is 15.5. The maximum Gasteiger partial charge on any atom is 0.310 e. The molecule has 24 heavy (non-hydrogen) atoms. The number of nitro benzene ring substituents is 1. The number of ether oxygens (including phenoxy) is 1. The second-order valence-electron chi connectivity index (χ2n) is 5.71. The summed E-state index contributed by atoms with van der Waals surface area (Å²) in [6.45, 7) is 3.75. The van der Waals surface area contributed by atoms with Gasteiger partial charge < -0.3 is 10.1 Å². The zero-order valence-electron chi connectivity index (χ0n) is 13.6. The van der Waals surface area contributed by atoms with Crippen molar-refractivity contribution in [2.75, 3.05) is 6.61 Å². The maximum atomic E-state index is 12.2. The number of amides is 1. The van der Waals surface area contributed by atoms with Gasteiger partial charge in [-0.1, -0.05) is 56.3 Å². The molecule has 1 unspecified atom stereocenters. The molecule has 0 aliphatic heterocycles. The molecule has 2 aromatic carbocycles. The van der Waals surface area contributed by atoms with E-state index in [4.69, 9.17) is 4.74 Å². The van der Waals surface area contributed by atoms with Gasteiger partial charge in [-0.15, -0.1) is 0 Å². The van der Waals surface area contributed by atoms with Crippen LogP contribution in [0, 0.1) is 16.0 Å². The van der Waals surface area contributed by atoms with Crippen molar-refractivity contribution < 1.29 is 14.5 Å². The van der Waals surface area contributed by atoms with E-state index in [0.717, 1.165) is 5.56 Å². The Hall–Kier alpha value is -2.89. The van der Waals surface area contributed by atoms with E-state index in [2.05, 4.69) is 5.32 Å². The van der Waals surface area contributed by atoms with E-state index in [-0.39, 0.29) is 35.9 Å². The lowest BCUT2D eigenvalue weighted by Gasteiger charge is -2.23. The molecule has 0 spiro atoms. The smallest absolute Gasteiger partial charge is 0.310 e. The first-order valence-corrected chi connectivity index (χ1v) is 7.69. The van der Waals surface area contributed by atoms with Gasteiger partial charge in [-0.25, -0.2) is 0 Å². The highest BCUT2D eigenvalue weighted by atomic mass is 16.6. The number of hydrogen-bond donors (Lipinski definition) is 1. The van der Waals surface area contributed by atoms with Crippen LogP contribution in [-0.2, 0) is 4.79 Å². The molecule has 1 N–H and O–H groups in total. The van der Waals surface area contributed by atoms with Crippen LogP contribution >= 0.6 is 0 Å². The lowest BCUT2D eigenvalue weighted by atomic mass is 9.96. The molecule has 0 heterocycles. The van der Waals surface area contributed by atoms with E-state index >= 15 is 0 Å². The molecule has 0 aliphatic rings. The van der Waals surface area contributed by atoms with Crippen LogP contribution < -0.4 is 10.1 Å². The van der Waals surface area contributed by atoms with Crippen molar-refractivity contribution in [2.24, 2.45) is 5.92 Å². The highest BCUT2D eigenvalue weighted by Crippen LogP contribution is 2.26. The third-order valence-electron chi connectivity index (χ3n) is 3.56. The number of carbonyl (C=O) groups is 1. The quantitative estimate of drug-likeness (QED) is 0.623. The van der Waals surface area contributed by atoms with Gasteiger partial charge in [-0.05, 0) is 17.5 Å². The third-order valence-corrected chi connectivity index (χ3v) is 3.56. The Morgan fingerprint density at radius 1 is 1.12 bits per heavy atom. The van der Waals surface area contributed by atoms with Gasteiger partial charge in [0.05, 0.1) is 11.0 Å². The van der Waals surface area contributed by atoms with Crippen LogP contribution in [-0.4, -0.2) is 17.4 Å². The number of hydrogen-bond acceptors (Lipinski definition) is 4. The molecule has 0 aliphatic carbocycles. The average Bonchev–Trinajstić information content (AvgIpc) is 2.58. The summed E-state index contributed by atoms with van der Waals surface area (Å²) in [5, 5.41) is 13.9. The summed E-state index contributed by atoms with van der Waals surface area (Å²) >= 11 is 0. The number of benzene rings is 2. The zero-order chi connectivity index (χ0) is 17.5. The normalized spacial score (nSPS) is 11.8. The second-order valence-corrected chi connectivity index (χ2v) is 5.71. The second kappa shape index (κ2) is 8.10. The number of para-hydroxylation sites is 2. The minimum Gasteiger partial charge on any atom is -0.477 e. The van der Waals surface area contributed by atoms with E-state index < -0.39 is 4.92 Å². The van der Waals surface area contributed by atoms with Crippen molar-refractivity contribution in [1.29, 1.82) is 0 Å². The number of nitrogens with one attached hydrogen (secondary N) is 1. The van der Waals surface area contributed by atoms with Gasteiger partial charge in [0.25, 0.3) is 5.91 Å². The van der Waals surface area contributed by atoms with Gasteiger partial charge in [-0.3, -0.25) is 14.9 Å². The highest BCUT2D eigenvalue weighted by molar-refractivity contribution is 5.78. The summed E-state index contributed by atoms with van der Waals surface area (Å²) in [4.78, 5) is 22.6. The molecule has 1 atom stereocenters. The molecule has 1 amide bonds. The van der Waals surface area contributed by atoms with Crippen LogP contribution in [0.15, 0.2) is 54.6 Å². The van der Waals surface area contributed by atoms with E-state index in [1.165, 1.54) is 12.1 Å².